The molecule has 0 saturated carbocycles. The Bertz CT molecular complexity index is 349. The van der Waals surface area contributed by atoms with Gasteiger partial charge in [0.15, 0.2) is 0 Å². The number of hydrogen-bond acceptors (Lipinski definition) is 2. The Morgan fingerprint density at radius 1 is 1.43 bits per heavy atom. The molecular formula is C10H18N2O2. The van der Waals surface area contributed by atoms with E-state index in [2.05, 4.69) is 0 Å². The fourth-order valence-corrected chi connectivity index (χ4v) is 1.17. The van der Waals surface area contributed by atoms with E-state index in [9.17, 15) is 4.79 Å². The maximum Gasteiger partial charge on any atom is 0.327 e. The molecule has 14 heavy (non-hydrogen) atoms. The van der Waals surface area contributed by atoms with Gasteiger partial charge >= 0.3 is 5.69 Å². The number of hydrogen-bond donors (Lipinski definition) is 0. The lowest BCUT2D eigenvalue weighted by atomic mass is 10.1. The van der Waals surface area contributed by atoms with E-state index in [0.717, 1.165) is 6.42 Å². The Morgan fingerprint density at radius 3 is 2.50 bits per heavy atom. The van der Waals surface area contributed by atoms with Crippen molar-refractivity contribution in [2.45, 2.75) is 32.4 Å². The number of methoxy groups -OCH3 is 1. The van der Waals surface area contributed by atoms with Crippen LogP contribution in [-0.4, -0.2) is 21.8 Å². The van der Waals surface area contributed by atoms with Gasteiger partial charge in [-0.25, -0.2) is 4.79 Å². The molecule has 0 spiro atoms. The summed E-state index contributed by atoms with van der Waals surface area (Å²) in [5, 5.41) is 0. The second-order valence-electron chi connectivity index (χ2n) is 4.10. The summed E-state index contributed by atoms with van der Waals surface area (Å²) >= 11 is 0. The van der Waals surface area contributed by atoms with E-state index in [1.807, 2.05) is 13.8 Å². The number of rotatable bonds is 4. The van der Waals surface area contributed by atoms with Gasteiger partial charge in [0.2, 0.25) is 0 Å². The molecule has 0 radical (unpaired) electrons. The smallest absolute Gasteiger partial charge is 0.327 e. The second kappa shape index (κ2) is 4.00. The minimum atomic E-state index is -0.171. The minimum absolute atomic E-state index is 0.0249. The first-order valence-corrected chi connectivity index (χ1v) is 4.73. The van der Waals surface area contributed by atoms with E-state index in [1.54, 1.807) is 35.7 Å². The van der Waals surface area contributed by atoms with Gasteiger partial charge in [-0.15, -0.1) is 0 Å². The molecule has 0 atom stereocenters. The first kappa shape index (κ1) is 11.0. The molecule has 4 heteroatoms. The summed E-state index contributed by atoms with van der Waals surface area (Å²) in [6.07, 6.45) is 4.39. The Labute approximate surface area is 84.1 Å². The lowest BCUT2D eigenvalue weighted by Crippen LogP contribution is -2.28. The van der Waals surface area contributed by atoms with Crippen molar-refractivity contribution in [2.75, 3.05) is 7.11 Å². The number of nitrogens with zero attached hydrogens (tertiary/aromatic N) is 2. The molecule has 80 valence electrons. The summed E-state index contributed by atoms with van der Waals surface area (Å²) in [6.45, 7) is 4.72. The first-order valence-electron chi connectivity index (χ1n) is 4.73. The van der Waals surface area contributed by atoms with E-state index in [1.165, 1.54) is 0 Å². The maximum absolute atomic E-state index is 11.5. The fourth-order valence-electron chi connectivity index (χ4n) is 1.17. The van der Waals surface area contributed by atoms with Gasteiger partial charge in [0, 0.05) is 33.1 Å². The summed E-state index contributed by atoms with van der Waals surface area (Å²) in [4.78, 5) is 11.5. The van der Waals surface area contributed by atoms with Crippen LogP contribution in [-0.2, 0) is 18.3 Å². The largest absolute Gasteiger partial charge is 0.379 e. The summed E-state index contributed by atoms with van der Waals surface area (Å²) < 4.78 is 8.55. The van der Waals surface area contributed by atoms with Crippen molar-refractivity contribution in [1.82, 2.24) is 9.13 Å². The highest BCUT2D eigenvalue weighted by Gasteiger charge is 2.16. The van der Waals surface area contributed by atoms with Crippen LogP contribution in [0.15, 0.2) is 17.2 Å². The third-order valence-electron chi connectivity index (χ3n) is 2.52. The Hall–Kier alpha value is -1.03. The zero-order valence-corrected chi connectivity index (χ0v) is 9.28. The van der Waals surface area contributed by atoms with Crippen molar-refractivity contribution in [3.05, 3.63) is 22.9 Å². The summed E-state index contributed by atoms with van der Waals surface area (Å²) in [5.41, 5.74) is -0.146. The van der Waals surface area contributed by atoms with Gasteiger partial charge in [-0.3, -0.25) is 4.57 Å². The predicted molar refractivity (Wildman–Crippen MR) is 55.4 cm³/mol. The minimum Gasteiger partial charge on any atom is -0.379 e. The molecular weight excluding hydrogens is 180 g/mol. The van der Waals surface area contributed by atoms with E-state index in [4.69, 9.17) is 4.74 Å². The molecule has 0 aliphatic carbocycles. The number of aryl methyl sites for hydroxylation is 2. The average molecular weight is 198 g/mol. The van der Waals surface area contributed by atoms with Gasteiger partial charge in [-0.1, -0.05) is 0 Å². The monoisotopic (exact) mass is 198 g/mol. The highest BCUT2D eigenvalue weighted by atomic mass is 16.5. The van der Waals surface area contributed by atoms with Gasteiger partial charge in [0.1, 0.15) is 0 Å². The van der Waals surface area contributed by atoms with Crippen LogP contribution < -0.4 is 5.69 Å². The molecule has 4 nitrogen and oxygen atoms in total. The predicted octanol–water partition coefficient (Wildman–Crippen LogP) is 1.00. The van der Waals surface area contributed by atoms with E-state index >= 15 is 0 Å². The molecule has 0 bridgehead atoms. The van der Waals surface area contributed by atoms with Crippen LogP contribution in [0.5, 0.6) is 0 Å². The third kappa shape index (κ3) is 2.48. The fraction of sp³-hybridized carbons (Fsp3) is 0.700. The summed E-state index contributed by atoms with van der Waals surface area (Å²) in [7, 11) is 3.44. The van der Waals surface area contributed by atoms with E-state index < -0.39 is 0 Å². The second-order valence-corrected chi connectivity index (χ2v) is 4.10. The highest BCUT2D eigenvalue weighted by molar-refractivity contribution is 4.81. The van der Waals surface area contributed by atoms with Crippen LogP contribution in [0.4, 0.5) is 0 Å². The molecule has 1 rings (SSSR count). The molecule has 0 unspecified atom stereocenters. The molecule has 0 aliphatic rings. The SMILES string of the molecule is COC(C)(C)CCn1ccn(C)c1=O. The van der Waals surface area contributed by atoms with Crippen molar-refractivity contribution in [2.24, 2.45) is 7.05 Å². The van der Waals surface area contributed by atoms with Gasteiger partial charge in [0.05, 0.1) is 5.60 Å². The average Bonchev–Trinajstić information content (AvgIpc) is 2.45. The van der Waals surface area contributed by atoms with Crippen molar-refractivity contribution in [1.29, 1.82) is 0 Å². The number of ether oxygens (including phenoxy) is 1. The third-order valence-corrected chi connectivity index (χ3v) is 2.52. The van der Waals surface area contributed by atoms with Crippen molar-refractivity contribution in [3.8, 4) is 0 Å². The number of imidazole rings is 1. The standard InChI is InChI=1S/C10H18N2O2/c1-10(2,14-4)5-6-12-8-7-11(3)9(12)13/h7-8H,5-6H2,1-4H3. The molecule has 0 N–H and O–H groups in total. The molecule has 1 aromatic rings. The van der Waals surface area contributed by atoms with Crippen molar-refractivity contribution >= 4 is 0 Å². The number of aromatic nitrogens is 2. The normalized spacial score (nSPS) is 12.0. The Balaban J connectivity index is 2.63. The van der Waals surface area contributed by atoms with Gasteiger partial charge in [0.25, 0.3) is 0 Å². The first-order chi connectivity index (χ1) is 6.46. The van der Waals surface area contributed by atoms with Crippen LogP contribution in [0.2, 0.25) is 0 Å². The Morgan fingerprint density at radius 2 is 2.07 bits per heavy atom. The molecule has 0 fully saturated rings. The zero-order chi connectivity index (χ0) is 10.8. The summed E-state index contributed by atoms with van der Waals surface area (Å²) in [6, 6.07) is 0. The lowest BCUT2D eigenvalue weighted by Gasteiger charge is -2.22. The highest BCUT2D eigenvalue weighted by Crippen LogP contribution is 2.13. The van der Waals surface area contributed by atoms with Crippen LogP contribution in [0.3, 0.4) is 0 Å². The Kier molecular flexibility index (Phi) is 3.16. The van der Waals surface area contributed by atoms with E-state index in [-0.39, 0.29) is 11.3 Å². The maximum atomic E-state index is 11.5. The quantitative estimate of drug-likeness (QED) is 0.723. The molecule has 0 amide bonds. The van der Waals surface area contributed by atoms with Crippen molar-refractivity contribution in [3.63, 3.8) is 0 Å². The van der Waals surface area contributed by atoms with Gasteiger partial charge in [-0.05, 0) is 20.3 Å². The van der Waals surface area contributed by atoms with E-state index in [0.29, 0.717) is 6.54 Å². The topological polar surface area (TPSA) is 36.2 Å². The molecule has 0 aliphatic heterocycles. The zero-order valence-electron chi connectivity index (χ0n) is 9.28. The molecule has 1 aromatic heterocycles. The van der Waals surface area contributed by atoms with Crippen LogP contribution in [0.25, 0.3) is 0 Å². The molecule has 0 saturated heterocycles. The lowest BCUT2D eigenvalue weighted by molar-refractivity contribution is 0.0118. The summed E-state index contributed by atoms with van der Waals surface area (Å²) in [5.74, 6) is 0. The van der Waals surface area contributed by atoms with Gasteiger partial charge in [-0.2, -0.15) is 0 Å². The van der Waals surface area contributed by atoms with Gasteiger partial charge < -0.3 is 9.30 Å². The van der Waals surface area contributed by atoms with Crippen LogP contribution >= 0.6 is 0 Å². The molecule has 0 aromatic carbocycles. The molecule has 1 heterocycles. The van der Waals surface area contributed by atoms with Crippen molar-refractivity contribution < 1.29 is 4.74 Å². The van der Waals surface area contributed by atoms with Crippen LogP contribution in [0.1, 0.15) is 20.3 Å². The van der Waals surface area contributed by atoms with Crippen LogP contribution in [0, 0.1) is 0 Å².